The normalized spacial score (nSPS) is 19.1. The third kappa shape index (κ3) is 4.05. The molecule has 0 radical (unpaired) electrons. The summed E-state index contributed by atoms with van der Waals surface area (Å²) in [6, 6.07) is 11.6. The lowest BCUT2D eigenvalue weighted by Gasteiger charge is -2.20. The Bertz CT molecular complexity index is 986. The van der Waals surface area contributed by atoms with Crippen molar-refractivity contribution in [2.75, 3.05) is 33.7 Å². The molecule has 3 heterocycles. The predicted molar refractivity (Wildman–Crippen MR) is 109 cm³/mol. The van der Waals surface area contributed by atoms with Crippen LogP contribution in [0.15, 0.2) is 53.2 Å². The van der Waals surface area contributed by atoms with Crippen LogP contribution in [0.5, 0.6) is 0 Å². The number of aromatic nitrogens is 3. The lowest BCUT2D eigenvalue weighted by molar-refractivity contribution is 0.0782. The number of hydrogen-bond donors (Lipinski definition) is 0. The first-order valence-electron chi connectivity index (χ1n) is 9.76. The number of likely N-dealkylation sites (tertiary alicyclic amines) is 1. The molecule has 0 spiro atoms. The number of benzene rings is 1. The minimum atomic E-state index is 0.00305. The highest BCUT2D eigenvalue weighted by Gasteiger charge is 2.40. The Hall–Kier alpha value is -3.06. The van der Waals surface area contributed by atoms with Gasteiger partial charge in [-0.3, -0.25) is 9.78 Å². The minimum Gasteiger partial charge on any atom is -0.420 e. The van der Waals surface area contributed by atoms with Crippen LogP contribution in [0.3, 0.4) is 0 Å². The van der Waals surface area contributed by atoms with Crippen LogP contribution in [0.25, 0.3) is 11.5 Å². The van der Waals surface area contributed by atoms with Gasteiger partial charge in [-0.1, -0.05) is 18.2 Å². The van der Waals surface area contributed by atoms with E-state index >= 15 is 0 Å². The van der Waals surface area contributed by atoms with E-state index in [1.54, 1.807) is 12.4 Å². The van der Waals surface area contributed by atoms with E-state index in [1.165, 1.54) is 0 Å². The third-order valence-corrected chi connectivity index (χ3v) is 5.38. The summed E-state index contributed by atoms with van der Waals surface area (Å²) in [4.78, 5) is 21.2. The van der Waals surface area contributed by atoms with E-state index in [0.29, 0.717) is 30.4 Å². The highest BCUT2D eigenvalue weighted by Crippen LogP contribution is 2.34. The molecule has 7 heteroatoms. The van der Waals surface area contributed by atoms with Crippen LogP contribution in [0.4, 0.5) is 0 Å². The van der Waals surface area contributed by atoms with Crippen LogP contribution in [-0.4, -0.2) is 64.6 Å². The van der Waals surface area contributed by atoms with E-state index in [4.69, 9.17) is 4.42 Å². The number of carbonyl (C=O) groups excluding carboxylic acids is 1. The molecule has 1 saturated heterocycles. The molecule has 7 nitrogen and oxygen atoms in total. The number of nitrogens with zero attached hydrogens (tertiary/aromatic N) is 5. The largest absolute Gasteiger partial charge is 0.420 e. The van der Waals surface area contributed by atoms with Crippen molar-refractivity contribution in [3.8, 4) is 11.5 Å². The summed E-state index contributed by atoms with van der Waals surface area (Å²) < 4.78 is 6.03. The van der Waals surface area contributed by atoms with Gasteiger partial charge in [0, 0.05) is 43.5 Å². The molecule has 0 aliphatic carbocycles. The molecule has 4 rings (SSSR count). The maximum absolute atomic E-state index is 13.1. The molecule has 29 heavy (non-hydrogen) atoms. The Morgan fingerprint density at radius 3 is 2.69 bits per heavy atom. The van der Waals surface area contributed by atoms with E-state index in [1.807, 2.05) is 62.3 Å². The van der Waals surface area contributed by atoms with Gasteiger partial charge in [-0.15, -0.1) is 10.2 Å². The first-order valence-corrected chi connectivity index (χ1v) is 9.76. The van der Waals surface area contributed by atoms with Gasteiger partial charge in [-0.25, -0.2) is 0 Å². The smallest absolute Gasteiger partial charge is 0.255 e. The molecule has 1 amide bonds. The molecule has 1 fully saturated rings. The summed E-state index contributed by atoms with van der Waals surface area (Å²) in [5, 5.41) is 8.57. The molecule has 2 atom stereocenters. The van der Waals surface area contributed by atoms with E-state index in [9.17, 15) is 4.79 Å². The summed E-state index contributed by atoms with van der Waals surface area (Å²) in [6.07, 6.45) is 3.35. The van der Waals surface area contributed by atoms with Crippen molar-refractivity contribution in [1.82, 2.24) is 25.0 Å². The molecular weight excluding hydrogens is 366 g/mol. The fourth-order valence-electron chi connectivity index (χ4n) is 3.91. The van der Waals surface area contributed by atoms with Crippen molar-refractivity contribution in [3.05, 3.63) is 65.8 Å². The molecule has 0 saturated carbocycles. The van der Waals surface area contributed by atoms with E-state index in [0.717, 1.165) is 17.7 Å². The molecule has 150 valence electrons. The van der Waals surface area contributed by atoms with Crippen molar-refractivity contribution in [3.63, 3.8) is 0 Å². The maximum atomic E-state index is 13.1. The Morgan fingerprint density at radius 2 is 1.97 bits per heavy atom. The Labute approximate surface area is 170 Å². The van der Waals surface area contributed by atoms with Crippen LogP contribution < -0.4 is 0 Å². The Balaban J connectivity index is 1.59. The summed E-state index contributed by atoms with van der Waals surface area (Å²) in [6.45, 7) is 3.98. The lowest BCUT2D eigenvalue weighted by Crippen LogP contribution is -2.31. The van der Waals surface area contributed by atoms with Gasteiger partial charge in [0.2, 0.25) is 11.8 Å². The topological polar surface area (TPSA) is 75.4 Å². The predicted octanol–water partition coefficient (Wildman–Crippen LogP) is 2.86. The Kier molecular flexibility index (Phi) is 5.40. The van der Waals surface area contributed by atoms with Crippen LogP contribution >= 0.6 is 0 Å². The van der Waals surface area contributed by atoms with E-state index in [2.05, 4.69) is 20.1 Å². The highest BCUT2D eigenvalue weighted by atomic mass is 16.4. The Morgan fingerprint density at radius 1 is 1.17 bits per heavy atom. The van der Waals surface area contributed by atoms with Gasteiger partial charge in [-0.2, -0.15) is 0 Å². The second-order valence-corrected chi connectivity index (χ2v) is 7.84. The van der Waals surface area contributed by atoms with Crippen molar-refractivity contribution in [1.29, 1.82) is 0 Å². The van der Waals surface area contributed by atoms with Crippen LogP contribution in [-0.2, 0) is 0 Å². The maximum Gasteiger partial charge on any atom is 0.255 e. The van der Waals surface area contributed by atoms with Gasteiger partial charge < -0.3 is 14.2 Å². The zero-order valence-corrected chi connectivity index (χ0v) is 16.9. The number of amides is 1. The number of pyridine rings is 1. The van der Waals surface area contributed by atoms with E-state index in [-0.39, 0.29) is 17.7 Å². The second-order valence-electron chi connectivity index (χ2n) is 7.84. The van der Waals surface area contributed by atoms with Crippen molar-refractivity contribution >= 4 is 5.91 Å². The van der Waals surface area contributed by atoms with Crippen molar-refractivity contribution in [2.45, 2.75) is 12.8 Å². The average molecular weight is 391 g/mol. The second kappa shape index (κ2) is 8.13. The standard InChI is InChI=1S/C22H25N5O2/c1-15-9-10-23-11-18(15)22(28)27-13-17(12-26(2)3)19(14-27)21-25-24-20(29-21)16-7-5-4-6-8-16/h4-11,17,19H,12-14H2,1-3H3/t17-,19-/m0/s1. The van der Waals surface area contributed by atoms with Gasteiger partial charge in [0.05, 0.1) is 11.5 Å². The fourth-order valence-corrected chi connectivity index (χ4v) is 3.91. The zero-order valence-electron chi connectivity index (χ0n) is 16.9. The molecule has 1 aliphatic rings. The van der Waals surface area contributed by atoms with Crippen LogP contribution in [0.2, 0.25) is 0 Å². The summed E-state index contributed by atoms with van der Waals surface area (Å²) in [7, 11) is 4.08. The molecule has 1 aliphatic heterocycles. The van der Waals surface area contributed by atoms with E-state index < -0.39 is 0 Å². The first kappa shape index (κ1) is 19.3. The fraction of sp³-hybridized carbons (Fsp3) is 0.364. The summed E-state index contributed by atoms with van der Waals surface area (Å²) >= 11 is 0. The van der Waals surface area contributed by atoms with Crippen molar-refractivity contribution < 1.29 is 9.21 Å². The minimum absolute atomic E-state index is 0.00305. The van der Waals surface area contributed by atoms with Crippen LogP contribution in [0, 0.1) is 12.8 Å². The van der Waals surface area contributed by atoms with Gasteiger partial charge >= 0.3 is 0 Å². The number of carbonyl (C=O) groups is 1. The molecule has 0 bridgehead atoms. The molecule has 2 aromatic heterocycles. The quantitative estimate of drug-likeness (QED) is 0.666. The number of hydrogen-bond acceptors (Lipinski definition) is 6. The monoisotopic (exact) mass is 391 g/mol. The van der Waals surface area contributed by atoms with Gasteiger partial charge in [0.25, 0.3) is 5.91 Å². The summed E-state index contributed by atoms with van der Waals surface area (Å²) in [5.41, 5.74) is 2.47. The van der Waals surface area contributed by atoms with Gasteiger partial charge in [0.1, 0.15) is 0 Å². The van der Waals surface area contributed by atoms with Crippen LogP contribution in [0.1, 0.15) is 27.7 Å². The SMILES string of the molecule is Cc1ccncc1C(=O)N1C[C@H](CN(C)C)[C@@H](c2nnc(-c3ccccc3)o2)C1. The lowest BCUT2D eigenvalue weighted by atomic mass is 9.95. The molecule has 0 N–H and O–H groups in total. The van der Waals surface area contributed by atoms with Crippen molar-refractivity contribution in [2.24, 2.45) is 5.92 Å². The first-order chi connectivity index (χ1) is 14.0. The highest BCUT2D eigenvalue weighted by molar-refractivity contribution is 5.95. The average Bonchev–Trinajstić information content (AvgIpc) is 3.35. The molecule has 3 aromatic rings. The molecule has 1 aromatic carbocycles. The number of aryl methyl sites for hydroxylation is 1. The summed E-state index contributed by atoms with van der Waals surface area (Å²) in [5.74, 6) is 1.33. The molecular formula is C22H25N5O2. The zero-order chi connectivity index (χ0) is 20.4. The molecule has 0 unspecified atom stereocenters. The third-order valence-electron chi connectivity index (χ3n) is 5.38. The number of rotatable bonds is 5. The van der Waals surface area contributed by atoms with Gasteiger partial charge in [-0.05, 0) is 44.8 Å². The van der Waals surface area contributed by atoms with Gasteiger partial charge in [0.15, 0.2) is 0 Å².